The summed E-state index contributed by atoms with van der Waals surface area (Å²) in [6.45, 7) is 6.35. The standard InChI is InChI=1S/C13H26N2O3/c1-13(2,3)18-12(17)15-11-6-4-5-10(9-11)14-7-8-16/h10-11,14,16H,4-9H2,1-3H3,(H,15,17)/t10-,11+/m1/s1. The predicted octanol–water partition coefficient (Wildman–Crippen LogP) is 1.40. The number of carbonyl (C=O) groups excluding carboxylic acids is 1. The van der Waals surface area contributed by atoms with E-state index in [1.54, 1.807) is 0 Å². The van der Waals surface area contributed by atoms with Gasteiger partial charge in [-0.15, -0.1) is 0 Å². The number of alkyl carbamates (subject to hydrolysis) is 1. The number of aliphatic hydroxyl groups is 1. The number of hydrogen-bond acceptors (Lipinski definition) is 4. The first-order valence-electron chi connectivity index (χ1n) is 6.74. The van der Waals surface area contributed by atoms with Crippen molar-refractivity contribution < 1.29 is 14.6 Å². The molecule has 0 spiro atoms. The van der Waals surface area contributed by atoms with Gasteiger partial charge in [0.2, 0.25) is 0 Å². The molecule has 0 aromatic heterocycles. The third-order valence-corrected chi connectivity index (χ3v) is 2.94. The molecule has 18 heavy (non-hydrogen) atoms. The number of hydrogen-bond donors (Lipinski definition) is 3. The first kappa shape index (κ1) is 15.2. The van der Waals surface area contributed by atoms with Crippen molar-refractivity contribution in [3.8, 4) is 0 Å². The second-order valence-electron chi connectivity index (χ2n) is 5.88. The number of rotatable bonds is 4. The van der Waals surface area contributed by atoms with E-state index in [4.69, 9.17) is 9.84 Å². The molecular formula is C13H26N2O3. The van der Waals surface area contributed by atoms with Crippen molar-refractivity contribution in [1.29, 1.82) is 0 Å². The van der Waals surface area contributed by atoms with Gasteiger partial charge in [-0.2, -0.15) is 0 Å². The average Bonchev–Trinajstić information content (AvgIpc) is 2.24. The normalized spacial score (nSPS) is 24.7. The molecular weight excluding hydrogens is 232 g/mol. The lowest BCUT2D eigenvalue weighted by Gasteiger charge is -2.31. The zero-order chi connectivity index (χ0) is 13.6. The van der Waals surface area contributed by atoms with E-state index in [1.165, 1.54) is 0 Å². The number of aliphatic hydroxyl groups excluding tert-OH is 1. The second-order valence-corrected chi connectivity index (χ2v) is 5.88. The Morgan fingerprint density at radius 3 is 2.61 bits per heavy atom. The number of nitrogens with one attached hydrogen (secondary N) is 2. The molecule has 1 amide bonds. The van der Waals surface area contributed by atoms with Crippen LogP contribution in [0.15, 0.2) is 0 Å². The molecule has 1 saturated carbocycles. The molecule has 1 aliphatic rings. The van der Waals surface area contributed by atoms with Crippen molar-refractivity contribution in [2.45, 2.75) is 64.1 Å². The highest BCUT2D eigenvalue weighted by atomic mass is 16.6. The highest BCUT2D eigenvalue weighted by Crippen LogP contribution is 2.19. The SMILES string of the molecule is CC(C)(C)OC(=O)N[C@H]1CCC[C@@H](NCCO)C1. The zero-order valence-electron chi connectivity index (χ0n) is 11.7. The van der Waals surface area contributed by atoms with Gasteiger partial charge in [-0.1, -0.05) is 0 Å². The zero-order valence-corrected chi connectivity index (χ0v) is 11.7. The summed E-state index contributed by atoms with van der Waals surface area (Å²) in [4.78, 5) is 11.7. The maximum absolute atomic E-state index is 11.7. The molecule has 0 saturated heterocycles. The van der Waals surface area contributed by atoms with Gasteiger partial charge in [-0.05, 0) is 46.5 Å². The Hall–Kier alpha value is -0.810. The molecule has 5 heteroatoms. The molecule has 106 valence electrons. The molecule has 0 radical (unpaired) electrons. The van der Waals surface area contributed by atoms with Crippen LogP contribution in [0.25, 0.3) is 0 Å². The first-order chi connectivity index (χ1) is 8.40. The van der Waals surface area contributed by atoms with Crippen LogP contribution in [-0.4, -0.2) is 42.0 Å². The van der Waals surface area contributed by atoms with Crippen LogP contribution >= 0.6 is 0 Å². The van der Waals surface area contributed by atoms with E-state index < -0.39 is 5.60 Å². The van der Waals surface area contributed by atoms with E-state index in [0.29, 0.717) is 12.6 Å². The van der Waals surface area contributed by atoms with E-state index in [-0.39, 0.29) is 18.7 Å². The Balaban J connectivity index is 2.31. The lowest BCUT2D eigenvalue weighted by molar-refractivity contribution is 0.0488. The van der Waals surface area contributed by atoms with E-state index >= 15 is 0 Å². The van der Waals surface area contributed by atoms with Crippen molar-refractivity contribution in [3.05, 3.63) is 0 Å². The van der Waals surface area contributed by atoms with E-state index in [0.717, 1.165) is 25.7 Å². The Morgan fingerprint density at radius 1 is 1.33 bits per heavy atom. The number of amides is 1. The molecule has 0 heterocycles. The van der Waals surface area contributed by atoms with Crippen LogP contribution in [-0.2, 0) is 4.74 Å². The fourth-order valence-corrected chi connectivity index (χ4v) is 2.25. The third kappa shape index (κ3) is 6.21. The summed E-state index contributed by atoms with van der Waals surface area (Å²) in [5, 5.41) is 15.0. The fraction of sp³-hybridized carbons (Fsp3) is 0.923. The van der Waals surface area contributed by atoms with Crippen molar-refractivity contribution >= 4 is 6.09 Å². The van der Waals surface area contributed by atoms with Crippen LogP contribution in [0.2, 0.25) is 0 Å². The Kier molecular flexibility index (Phi) is 5.88. The van der Waals surface area contributed by atoms with Crippen LogP contribution in [0.3, 0.4) is 0 Å². The van der Waals surface area contributed by atoms with Gasteiger partial charge in [0.1, 0.15) is 5.60 Å². The van der Waals surface area contributed by atoms with Gasteiger partial charge in [0.15, 0.2) is 0 Å². The van der Waals surface area contributed by atoms with E-state index in [2.05, 4.69) is 10.6 Å². The van der Waals surface area contributed by atoms with Gasteiger partial charge >= 0.3 is 6.09 Å². The van der Waals surface area contributed by atoms with Gasteiger partial charge in [0.25, 0.3) is 0 Å². The molecule has 5 nitrogen and oxygen atoms in total. The summed E-state index contributed by atoms with van der Waals surface area (Å²) in [6.07, 6.45) is 3.75. The number of ether oxygens (including phenoxy) is 1. The molecule has 0 unspecified atom stereocenters. The van der Waals surface area contributed by atoms with Crippen LogP contribution in [0.4, 0.5) is 4.79 Å². The minimum atomic E-state index is -0.451. The molecule has 1 rings (SSSR count). The van der Waals surface area contributed by atoms with Gasteiger partial charge in [-0.25, -0.2) is 4.79 Å². The van der Waals surface area contributed by atoms with Crippen LogP contribution in [0, 0.1) is 0 Å². The summed E-state index contributed by atoms with van der Waals surface area (Å²) in [6, 6.07) is 0.552. The number of carbonyl (C=O) groups is 1. The highest BCUT2D eigenvalue weighted by Gasteiger charge is 2.24. The van der Waals surface area contributed by atoms with Crippen molar-refractivity contribution in [1.82, 2.24) is 10.6 Å². The fourth-order valence-electron chi connectivity index (χ4n) is 2.25. The van der Waals surface area contributed by atoms with Gasteiger partial charge in [-0.3, -0.25) is 0 Å². The molecule has 3 N–H and O–H groups in total. The molecule has 2 atom stereocenters. The Labute approximate surface area is 109 Å². The molecule has 1 aliphatic carbocycles. The summed E-state index contributed by atoms with van der Waals surface area (Å²) >= 11 is 0. The minimum Gasteiger partial charge on any atom is -0.444 e. The maximum atomic E-state index is 11.7. The Morgan fingerprint density at radius 2 is 2.00 bits per heavy atom. The third-order valence-electron chi connectivity index (χ3n) is 2.94. The van der Waals surface area contributed by atoms with Gasteiger partial charge in [0.05, 0.1) is 6.61 Å². The quantitative estimate of drug-likeness (QED) is 0.713. The maximum Gasteiger partial charge on any atom is 0.407 e. The molecule has 0 aromatic carbocycles. The molecule has 0 aliphatic heterocycles. The van der Waals surface area contributed by atoms with Gasteiger partial charge < -0.3 is 20.5 Å². The highest BCUT2D eigenvalue weighted by molar-refractivity contribution is 5.68. The van der Waals surface area contributed by atoms with Crippen LogP contribution < -0.4 is 10.6 Å². The minimum absolute atomic E-state index is 0.153. The van der Waals surface area contributed by atoms with Crippen LogP contribution in [0.5, 0.6) is 0 Å². The lowest BCUT2D eigenvalue weighted by Crippen LogP contribution is -2.46. The van der Waals surface area contributed by atoms with Crippen molar-refractivity contribution in [2.24, 2.45) is 0 Å². The largest absolute Gasteiger partial charge is 0.444 e. The summed E-state index contributed by atoms with van der Waals surface area (Å²) in [7, 11) is 0. The van der Waals surface area contributed by atoms with Gasteiger partial charge in [0, 0.05) is 18.6 Å². The summed E-state index contributed by atoms with van der Waals surface area (Å²) in [5.41, 5.74) is -0.451. The van der Waals surface area contributed by atoms with Crippen LogP contribution in [0.1, 0.15) is 46.5 Å². The second kappa shape index (κ2) is 6.95. The molecule has 1 fully saturated rings. The molecule has 0 bridgehead atoms. The first-order valence-corrected chi connectivity index (χ1v) is 6.74. The van der Waals surface area contributed by atoms with E-state index in [9.17, 15) is 4.79 Å². The average molecular weight is 258 g/mol. The summed E-state index contributed by atoms with van der Waals surface area (Å²) in [5.74, 6) is 0. The van der Waals surface area contributed by atoms with E-state index in [1.807, 2.05) is 20.8 Å². The monoisotopic (exact) mass is 258 g/mol. The Bertz CT molecular complexity index is 263. The predicted molar refractivity (Wildman–Crippen MR) is 70.5 cm³/mol. The van der Waals surface area contributed by atoms with Crippen molar-refractivity contribution in [2.75, 3.05) is 13.2 Å². The molecule has 0 aromatic rings. The lowest BCUT2D eigenvalue weighted by atomic mass is 9.91. The van der Waals surface area contributed by atoms with Crippen molar-refractivity contribution in [3.63, 3.8) is 0 Å². The topological polar surface area (TPSA) is 70.6 Å². The smallest absolute Gasteiger partial charge is 0.407 e. The summed E-state index contributed by atoms with van der Waals surface area (Å²) < 4.78 is 5.25.